The van der Waals surface area contributed by atoms with Gasteiger partial charge in [0.1, 0.15) is 5.82 Å². The molecule has 0 spiro atoms. The lowest BCUT2D eigenvalue weighted by Gasteiger charge is -2.22. The van der Waals surface area contributed by atoms with Gasteiger partial charge in [0.25, 0.3) is 5.88 Å². The Morgan fingerprint density at radius 3 is 2.52 bits per heavy atom. The third-order valence-electron chi connectivity index (χ3n) is 2.79. The number of anilines is 1. The van der Waals surface area contributed by atoms with Crippen LogP contribution < -0.4 is 16.0 Å². The summed E-state index contributed by atoms with van der Waals surface area (Å²) < 4.78 is 33.5. The fourth-order valence-corrected chi connectivity index (χ4v) is 1.72. The molecule has 0 saturated heterocycles. The summed E-state index contributed by atoms with van der Waals surface area (Å²) in [5, 5.41) is 0. The summed E-state index contributed by atoms with van der Waals surface area (Å²) in [6, 6.07) is 1.57. The lowest BCUT2D eigenvalue weighted by Crippen LogP contribution is -2.34. The fourth-order valence-electron chi connectivity index (χ4n) is 1.72. The molecule has 0 saturated carbocycles. The summed E-state index contributed by atoms with van der Waals surface area (Å²) >= 11 is 0. The van der Waals surface area contributed by atoms with E-state index in [0.717, 1.165) is 12.1 Å². The number of nitrogens with zero attached hydrogens (tertiary/aromatic N) is 2. The van der Waals surface area contributed by atoms with Crippen LogP contribution in [0.3, 0.4) is 0 Å². The molecule has 5 nitrogen and oxygen atoms in total. The average Bonchev–Trinajstić information content (AvgIpc) is 2.36. The number of nitrogens with two attached hydrogens (primary N) is 1. The zero-order valence-electron chi connectivity index (χ0n) is 11.9. The monoisotopic (exact) mass is 295 g/mol. The minimum absolute atomic E-state index is 0.338. The fraction of sp³-hybridized carbons (Fsp3) is 0.286. The molecule has 2 aromatic rings. The zero-order valence-corrected chi connectivity index (χ0v) is 11.9. The third kappa shape index (κ3) is 3.01. The molecule has 1 aromatic heterocycles. The maximum atomic E-state index is 13.7. The highest BCUT2D eigenvalue weighted by molar-refractivity contribution is 5.45. The summed E-state index contributed by atoms with van der Waals surface area (Å²) in [7, 11) is 0. The minimum Gasteiger partial charge on any atom is -0.431 e. The molecule has 0 unspecified atom stereocenters. The molecule has 0 bridgehead atoms. The summed E-state index contributed by atoms with van der Waals surface area (Å²) in [5.74, 6) is -2.49. The highest BCUT2D eigenvalue weighted by atomic mass is 19.1. The Balaban J connectivity index is 2.46. The molecule has 1 aromatic carbocycles. The zero-order chi connectivity index (χ0) is 15.8. The van der Waals surface area contributed by atoms with E-state index in [4.69, 9.17) is 10.5 Å². The Morgan fingerprint density at radius 1 is 1.24 bits per heavy atom. The van der Waals surface area contributed by atoms with Crippen molar-refractivity contribution in [1.29, 1.82) is 0 Å². The van der Waals surface area contributed by atoms with Crippen LogP contribution in [-0.4, -0.2) is 9.55 Å². The lowest BCUT2D eigenvalue weighted by molar-refractivity contribution is 0.357. The number of hydrogen-bond acceptors (Lipinski definition) is 4. The smallest absolute Gasteiger partial charge is 0.314 e. The SMILES string of the molecule is CC(C)(C)n1ccnc(Oc2cc(F)c(N)cc2F)c1=O. The van der Waals surface area contributed by atoms with Crippen LogP contribution in [0.1, 0.15) is 20.8 Å². The summed E-state index contributed by atoms with van der Waals surface area (Å²) in [5.41, 5.74) is 3.87. The van der Waals surface area contributed by atoms with Crippen molar-refractivity contribution in [3.05, 3.63) is 46.5 Å². The predicted octanol–water partition coefficient (Wildman–Crippen LogP) is 2.65. The first kappa shape index (κ1) is 15.0. The van der Waals surface area contributed by atoms with Crippen LogP contribution in [0.4, 0.5) is 14.5 Å². The Labute approximate surface area is 120 Å². The molecule has 2 N–H and O–H groups in total. The first-order valence-electron chi connectivity index (χ1n) is 6.20. The number of ether oxygens (including phenoxy) is 1. The van der Waals surface area contributed by atoms with Crippen molar-refractivity contribution >= 4 is 5.69 Å². The molecule has 0 aliphatic rings. The normalized spacial score (nSPS) is 11.5. The van der Waals surface area contributed by atoms with Crippen LogP contribution in [-0.2, 0) is 5.54 Å². The second kappa shape index (κ2) is 5.16. The van der Waals surface area contributed by atoms with Gasteiger partial charge in [0.15, 0.2) is 11.6 Å². The van der Waals surface area contributed by atoms with Gasteiger partial charge >= 0.3 is 5.56 Å². The first-order chi connectivity index (χ1) is 9.70. The van der Waals surface area contributed by atoms with E-state index in [2.05, 4.69) is 4.98 Å². The van der Waals surface area contributed by atoms with Crippen molar-refractivity contribution in [3.8, 4) is 11.6 Å². The molecule has 0 fully saturated rings. The molecule has 1 heterocycles. The molecule has 21 heavy (non-hydrogen) atoms. The van der Waals surface area contributed by atoms with E-state index in [9.17, 15) is 13.6 Å². The van der Waals surface area contributed by atoms with Gasteiger partial charge in [-0.2, -0.15) is 0 Å². The summed E-state index contributed by atoms with van der Waals surface area (Å²) in [4.78, 5) is 16.0. The van der Waals surface area contributed by atoms with Gasteiger partial charge in [0.05, 0.1) is 5.69 Å². The van der Waals surface area contributed by atoms with Gasteiger partial charge in [-0.05, 0) is 20.8 Å². The van der Waals surface area contributed by atoms with Gasteiger partial charge < -0.3 is 15.0 Å². The van der Waals surface area contributed by atoms with Crippen molar-refractivity contribution < 1.29 is 13.5 Å². The Morgan fingerprint density at radius 2 is 1.90 bits per heavy atom. The van der Waals surface area contributed by atoms with E-state index in [0.29, 0.717) is 0 Å². The quantitative estimate of drug-likeness (QED) is 0.865. The van der Waals surface area contributed by atoms with Crippen LogP contribution in [0.15, 0.2) is 29.3 Å². The second-order valence-electron chi connectivity index (χ2n) is 5.48. The van der Waals surface area contributed by atoms with E-state index in [1.807, 2.05) is 20.8 Å². The summed E-state index contributed by atoms with van der Waals surface area (Å²) in [6.07, 6.45) is 2.85. The molecular weight excluding hydrogens is 280 g/mol. The molecule has 7 heteroatoms. The van der Waals surface area contributed by atoms with Gasteiger partial charge in [0, 0.05) is 30.1 Å². The van der Waals surface area contributed by atoms with Crippen LogP contribution in [0.5, 0.6) is 11.6 Å². The first-order valence-corrected chi connectivity index (χ1v) is 6.20. The number of benzene rings is 1. The van der Waals surface area contributed by atoms with Crippen molar-refractivity contribution in [2.75, 3.05) is 5.73 Å². The van der Waals surface area contributed by atoms with Crippen molar-refractivity contribution in [1.82, 2.24) is 9.55 Å². The average molecular weight is 295 g/mol. The van der Waals surface area contributed by atoms with Crippen molar-refractivity contribution in [2.24, 2.45) is 0 Å². The minimum atomic E-state index is -0.874. The third-order valence-corrected chi connectivity index (χ3v) is 2.79. The Hall–Kier alpha value is -2.44. The molecule has 2 rings (SSSR count). The topological polar surface area (TPSA) is 70.1 Å². The van der Waals surface area contributed by atoms with E-state index < -0.39 is 28.5 Å². The van der Waals surface area contributed by atoms with Gasteiger partial charge in [-0.3, -0.25) is 4.79 Å². The van der Waals surface area contributed by atoms with Crippen LogP contribution in [0.2, 0.25) is 0 Å². The van der Waals surface area contributed by atoms with Crippen LogP contribution >= 0.6 is 0 Å². The number of nitrogen functional groups attached to an aromatic ring is 1. The molecule has 0 atom stereocenters. The van der Waals surface area contributed by atoms with Crippen LogP contribution in [0.25, 0.3) is 0 Å². The Bertz CT molecular complexity index is 736. The maximum Gasteiger partial charge on any atom is 0.314 e. The maximum absolute atomic E-state index is 13.7. The van der Waals surface area contributed by atoms with E-state index in [1.54, 1.807) is 0 Å². The standard InChI is InChI=1S/C14H15F2N3O2/c1-14(2,3)19-5-4-18-12(13(19)20)21-11-7-8(15)10(17)6-9(11)16/h4-7H,17H2,1-3H3. The van der Waals surface area contributed by atoms with Crippen molar-refractivity contribution in [2.45, 2.75) is 26.3 Å². The molecule has 112 valence electrons. The molecular formula is C14H15F2N3O2. The number of halogens is 2. The van der Waals surface area contributed by atoms with Gasteiger partial charge in [0.2, 0.25) is 0 Å². The Kier molecular flexibility index (Phi) is 3.67. The van der Waals surface area contributed by atoms with Gasteiger partial charge in [-0.25, -0.2) is 13.8 Å². The molecule has 0 amide bonds. The van der Waals surface area contributed by atoms with Gasteiger partial charge in [-0.15, -0.1) is 0 Å². The van der Waals surface area contributed by atoms with Crippen molar-refractivity contribution in [3.63, 3.8) is 0 Å². The number of aromatic nitrogens is 2. The highest BCUT2D eigenvalue weighted by Gasteiger charge is 2.19. The molecule has 0 aliphatic carbocycles. The molecule has 0 aliphatic heterocycles. The summed E-state index contributed by atoms with van der Waals surface area (Å²) in [6.45, 7) is 5.46. The largest absolute Gasteiger partial charge is 0.431 e. The second-order valence-corrected chi connectivity index (χ2v) is 5.48. The number of rotatable bonds is 2. The molecule has 0 radical (unpaired) electrons. The number of hydrogen-bond donors (Lipinski definition) is 1. The van der Waals surface area contributed by atoms with Gasteiger partial charge in [-0.1, -0.05) is 0 Å². The highest BCUT2D eigenvalue weighted by Crippen LogP contribution is 2.26. The van der Waals surface area contributed by atoms with E-state index in [-0.39, 0.29) is 11.6 Å². The van der Waals surface area contributed by atoms with Crippen LogP contribution in [0, 0.1) is 11.6 Å². The predicted molar refractivity (Wildman–Crippen MR) is 74.3 cm³/mol. The van der Waals surface area contributed by atoms with E-state index in [1.165, 1.54) is 17.0 Å². The van der Waals surface area contributed by atoms with E-state index >= 15 is 0 Å². The lowest BCUT2D eigenvalue weighted by atomic mass is 10.1.